The molecule has 27 heavy (non-hydrogen) atoms. The van der Waals surface area contributed by atoms with Crippen LogP contribution in [-0.2, 0) is 17.6 Å². The Labute approximate surface area is 161 Å². The molecule has 2 heterocycles. The van der Waals surface area contributed by atoms with E-state index in [1.165, 1.54) is 23.8 Å². The number of aromatic nitrogens is 2. The van der Waals surface area contributed by atoms with E-state index < -0.39 is 0 Å². The van der Waals surface area contributed by atoms with Crippen molar-refractivity contribution in [2.75, 3.05) is 13.6 Å². The molecule has 2 aromatic heterocycles. The summed E-state index contributed by atoms with van der Waals surface area (Å²) in [5.41, 5.74) is 1.21. The van der Waals surface area contributed by atoms with Crippen LogP contribution < -0.4 is 0 Å². The number of hydrogen-bond acceptors (Lipinski definition) is 6. The van der Waals surface area contributed by atoms with E-state index in [0.717, 1.165) is 11.3 Å². The van der Waals surface area contributed by atoms with Gasteiger partial charge in [0.25, 0.3) is 5.89 Å². The summed E-state index contributed by atoms with van der Waals surface area (Å²) >= 11 is 1.32. The minimum absolute atomic E-state index is 0.00938. The first-order chi connectivity index (χ1) is 13.0. The lowest BCUT2D eigenvalue weighted by Crippen LogP contribution is -2.29. The number of amides is 1. The fraction of sp³-hybridized carbons (Fsp3) is 0.300. The first-order valence-corrected chi connectivity index (χ1v) is 9.56. The molecule has 0 saturated heterocycles. The second kappa shape index (κ2) is 8.73. The van der Waals surface area contributed by atoms with Crippen LogP contribution in [0.25, 0.3) is 10.8 Å². The van der Waals surface area contributed by atoms with Crippen LogP contribution in [0.1, 0.15) is 34.5 Å². The summed E-state index contributed by atoms with van der Waals surface area (Å²) < 4.78 is 5.63. The maximum Gasteiger partial charge on any atom is 0.257 e. The highest BCUT2D eigenvalue weighted by atomic mass is 32.1. The molecular weight excluding hydrogens is 362 g/mol. The van der Waals surface area contributed by atoms with Crippen molar-refractivity contribution < 1.29 is 14.0 Å². The van der Waals surface area contributed by atoms with Crippen LogP contribution in [0.5, 0.6) is 0 Å². The van der Waals surface area contributed by atoms with Gasteiger partial charge in [-0.3, -0.25) is 9.59 Å². The van der Waals surface area contributed by atoms with Gasteiger partial charge in [-0.15, -0.1) is 21.5 Å². The molecule has 140 valence electrons. The zero-order valence-electron chi connectivity index (χ0n) is 15.3. The normalized spacial score (nSPS) is 10.7. The maximum atomic E-state index is 12.3. The Morgan fingerprint density at radius 1 is 1.07 bits per heavy atom. The van der Waals surface area contributed by atoms with Crippen molar-refractivity contribution in [2.45, 2.75) is 26.2 Å². The van der Waals surface area contributed by atoms with Gasteiger partial charge in [-0.1, -0.05) is 30.3 Å². The molecule has 0 saturated carbocycles. The predicted octanol–water partition coefficient (Wildman–Crippen LogP) is 3.63. The molecular formula is C20H21N3O3S. The number of hydrogen-bond donors (Lipinski definition) is 0. The molecule has 6 nitrogen and oxygen atoms in total. The standard InChI is InChI=1S/C20H21N3O3S/c1-14(24)16-8-9-17(27-16)20-22-21-18(26-20)10-11-19(25)23(2)13-12-15-6-4-3-5-7-15/h3-9H,10-13H2,1-2H3. The largest absolute Gasteiger partial charge is 0.420 e. The molecule has 0 N–H and O–H groups in total. The fourth-order valence-corrected chi connectivity index (χ4v) is 3.39. The van der Waals surface area contributed by atoms with Crippen LogP contribution in [0.4, 0.5) is 0 Å². The summed E-state index contributed by atoms with van der Waals surface area (Å²) in [7, 11) is 1.81. The maximum absolute atomic E-state index is 12.3. The zero-order chi connectivity index (χ0) is 19.2. The molecule has 0 radical (unpaired) electrons. The Morgan fingerprint density at radius 3 is 2.56 bits per heavy atom. The molecule has 7 heteroatoms. The number of aryl methyl sites for hydroxylation is 1. The average Bonchev–Trinajstić information content (AvgIpc) is 3.34. The van der Waals surface area contributed by atoms with Gasteiger partial charge in [0.1, 0.15) is 0 Å². The van der Waals surface area contributed by atoms with Gasteiger partial charge in [0.2, 0.25) is 11.8 Å². The zero-order valence-corrected chi connectivity index (χ0v) is 16.2. The van der Waals surface area contributed by atoms with Gasteiger partial charge in [-0.05, 0) is 31.0 Å². The minimum Gasteiger partial charge on any atom is -0.420 e. The molecule has 0 unspecified atom stereocenters. The Hall–Kier alpha value is -2.80. The molecule has 0 aliphatic carbocycles. The number of ketones is 1. The third kappa shape index (κ3) is 5.10. The predicted molar refractivity (Wildman–Crippen MR) is 104 cm³/mol. The number of carbonyl (C=O) groups excluding carboxylic acids is 2. The summed E-state index contributed by atoms with van der Waals surface area (Å²) in [5, 5.41) is 8.02. The number of thiophene rings is 1. The molecule has 0 aliphatic heterocycles. The van der Waals surface area contributed by atoms with E-state index in [4.69, 9.17) is 4.42 Å². The Balaban J connectivity index is 1.50. The smallest absolute Gasteiger partial charge is 0.257 e. The highest BCUT2D eigenvalue weighted by Gasteiger charge is 2.15. The topological polar surface area (TPSA) is 76.3 Å². The van der Waals surface area contributed by atoms with E-state index >= 15 is 0 Å². The van der Waals surface area contributed by atoms with Crippen molar-refractivity contribution in [2.24, 2.45) is 0 Å². The van der Waals surface area contributed by atoms with Crippen LogP contribution >= 0.6 is 11.3 Å². The molecule has 3 rings (SSSR count). The van der Waals surface area contributed by atoms with Crippen molar-refractivity contribution in [1.29, 1.82) is 0 Å². The molecule has 1 aromatic carbocycles. The third-order valence-electron chi connectivity index (χ3n) is 4.19. The summed E-state index contributed by atoms with van der Waals surface area (Å²) in [6.45, 7) is 2.19. The highest BCUT2D eigenvalue weighted by Crippen LogP contribution is 2.27. The van der Waals surface area contributed by atoms with E-state index in [2.05, 4.69) is 22.3 Å². The van der Waals surface area contributed by atoms with Crippen molar-refractivity contribution in [3.8, 4) is 10.8 Å². The molecule has 3 aromatic rings. The molecule has 0 atom stereocenters. The monoisotopic (exact) mass is 383 g/mol. The number of carbonyl (C=O) groups is 2. The second-order valence-corrected chi connectivity index (χ2v) is 7.36. The number of Topliss-reactive ketones (excluding diaryl/α,β-unsaturated/α-hetero) is 1. The first-order valence-electron chi connectivity index (χ1n) is 8.74. The van der Waals surface area contributed by atoms with E-state index in [9.17, 15) is 9.59 Å². The first kappa shape index (κ1) is 19.0. The lowest BCUT2D eigenvalue weighted by molar-refractivity contribution is -0.129. The van der Waals surface area contributed by atoms with Gasteiger partial charge in [0.15, 0.2) is 5.78 Å². The van der Waals surface area contributed by atoms with Crippen LogP contribution in [0, 0.1) is 0 Å². The molecule has 0 aliphatic rings. The number of nitrogens with zero attached hydrogens (tertiary/aromatic N) is 3. The average molecular weight is 383 g/mol. The van der Waals surface area contributed by atoms with Crippen LogP contribution in [0.3, 0.4) is 0 Å². The Morgan fingerprint density at radius 2 is 1.85 bits per heavy atom. The highest BCUT2D eigenvalue weighted by molar-refractivity contribution is 7.17. The van der Waals surface area contributed by atoms with Gasteiger partial charge in [0, 0.05) is 26.4 Å². The fourth-order valence-electron chi connectivity index (χ4n) is 2.57. The van der Waals surface area contributed by atoms with Crippen LogP contribution in [-0.4, -0.2) is 40.4 Å². The summed E-state index contributed by atoms with van der Waals surface area (Å²) in [6.07, 6.45) is 1.53. The van der Waals surface area contributed by atoms with Gasteiger partial charge < -0.3 is 9.32 Å². The van der Waals surface area contributed by atoms with Gasteiger partial charge in [-0.2, -0.15) is 0 Å². The summed E-state index contributed by atoms with van der Waals surface area (Å²) in [5.74, 6) is 0.857. The van der Waals surface area contributed by atoms with Crippen LogP contribution in [0.2, 0.25) is 0 Å². The van der Waals surface area contributed by atoms with Gasteiger partial charge in [0.05, 0.1) is 9.75 Å². The number of rotatable bonds is 8. The van der Waals surface area contributed by atoms with Crippen LogP contribution in [0.15, 0.2) is 46.9 Å². The van der Waals surface area contributed by atoms with Crippen molar-refractivity contribution >= 4 is 23.0 Å². The van der Waals surface area contributed by atoms with E-state index in [1.807, 2.05) is 18.2 Å². The van der Waals surface area contributed by atoms with Crippen molar-refractivity contribution in [3.63, 3.8) is 0 Å². The quantitative estimate of drug-likeness (QED) is 0.555. The summed E-state index contributed by atoms with van der Waals surface area (Å²) in [4.78, 5) is 26.8. The lowest BCUT2D eigenvalue weighted by atomic mass is 10.1. The molecule has 0 spiro atoms. The van der Waals surface area contributed by atoms with Gasteiger partial charge in [-0.25, -0.2) is 0 Å². The second-order valence-electron chi connectivity index (χ2n) is 6.27. The molecule has 0 fully saturated rings. The number of benzene rings is 1. The van der Waals surface area contributed by atoms with Crippen molar-refractivity contribution in [1.82, 2.24) is 15.1 Å². The summed E-state index contributed by atoms with van der Waals surface area (Å²) in [6, 6.07) is 13.6. The minimum atomic E-state index is 0.00938. The lowest BCUT2D eigenvalue weighted by Gasteiger charge is -2.16. The Kier molecular flexibility index (Phi) is 6.13. The van der Waals surface area contributed by atoms with E-state index in [0.29, 0.717) is 36.0 Å². The van der Waals surface area contributed by atoms with E-state index in [1.54, 1.807) is 24.1 Å². The van der Waals surface area contributed by atoms with E-state index in [-0.39, 0.29) is 11.7 Å². The molecule has 0 bridgehead atoms. The number of likely N-dealkylation sites (N-methyl/N-ethyl adjacent to an activating group) is 1. The van der Waals surface area contributed by atoms with Gasteiger partial charge >= 0.3 is 0 Å². The third-order valence-corrected chi connectivity index (χ3v) is 5.36. The van der Waals surface area contributed by atoms with Crippen molar-refractivity contribution in [3.05, 3.63) is 58.8 Å². The Bertz CT molecular complexity index is 917. The molecule has 1 amide bonds. The SMILES string of the molecule is CC(=O)c1ccc(-c2nnc(CCC(=O)N(C)CCc3ccccc3)o2)s1.